The van der Waals surface area contributed by atoms with Crippen molar-refractivity contribution >= 4 is 11.6 Å². The van der Waals surface area contributed by atoms with Crippen LogP contribution >= 0.6 is 11.6 Å². The maximum atomic E-state index is 6.33. The van der Waals surface area contributed by atoms with Crippen LogP contribution in [0.4, 0.5) is 0 Å². The smallest absolute Gasteiger partial charge is 0.0634 e. The maximum absolute atomic E-state index is 6.33. The zero-order valence-corrected chi connectivity index (χ0v) is 14.0. The lowest BCUT2D eigenvalue weighted by Gasteiger charge is -2.31. The van der Waals surface area contributed by atoms with E-state index in [-0.39, 0.29) is 0 Å². The molecule has 3 rings (SSSR count). The molecule has 2 aromatic rings. The Bertz CT molecular complexity index is 597. The summed E-state index contributed by atoms with van der Waals surface area (Å²) in [5.74, 6) is 0. The van der Waals surface area contributed by atoms with Crippen molar-refractivity contribution in [2.75, 3.05) is 13.1 Å². The fraction of sp³-hybridized carbons (Fsp3) is 0.444. The number of hydrogen-bond acceptors (Lipinski definition) is 4. The second-order valence-electron chi connectivity index (χ2n) is 6.03. The van der Waals surface area contributed by atoms with Gasteiger partial charge in [0.1, 0.15) is 0 Å². The quantitative estimate of drug-likeness (QED) is 0.913. The molecule has 4 nitrogen and oxygen atoms in total. The average Bonchev–Trinajstić information content (AvgIpc) is 2.86. The topological polar surface area (TPSA) is 41.1 Å². The molecular formula is C18H23ClN4. The van der Waals surface area contributed by atoms with E-state index in [0.29, 0.717) is 6.04 Å². The molecule has 0 radical (unpaired) electrons. The molecule has 3 heterocycles. The monoisotopic (exact) mass is 330 g/mol. The van der Waals surface area contributed by atoms with Gasteiger partial charge in [0.15, 0.2) is 0 Å². The molecule has 1 aliphatic rings. The predicted molar refractivity (Wildman–Crippen MR) is 93.2 cm³/mol. The molecule has 1 fully saturated rings. The largest absolute Gasteiger partial charge is 0.317 e. The molecular weight excluding hydrogens is 308 g/mol. The van der Waals surface area contributed by atoms with Crippen molar-refractivity contribution in [2.24, 2.45) is 0 Å². The standard InChI is InChI=1S/C18H23ClN4/c19-18-12-21-10-6-15(18)13-23(14-16-4-1-2-9-22-16)17-5-3-8-20-11-7-17/h1-2,4,6,9-10,12,17,20H,3,5,7-8,11,13-14H2/t17-/m0/s1. The molecule has 1 atom stereocenters. The summed E-state index contributed by atoms with van der Waals surface area (Å²) >= 11 is 6.33. The van der Waals surface area contributed by atoms with Crippen LogP contribution in [0, 0.1) is 0 Å². The third kappa shape index (κ3) is 4.74. The summed E-state index contributed by atoms with van der Waals surface area (Å²) in [4.78, 5) is 11.1. The number of nitrogens with one attached hydrogen (secondary N) is 1. The Morgan fingerprint density at radius 1 is 1.13 bits per heavy atom. The highest BCUT2D eigenvalue weighted by molar-refractivity contribution is 6.31. The van der Waals surface area contributed by atoms with E-state index in [4.69, 9.17) is 11.6 Å². The first-order chi connectivity index (χ1) is 11.3. The van der Waals surface area contributed by atoms with Gasteiger partial charge in [0.05, 0.1) is 10.7 Å². The first-order valence-electron chi connectivity index (χ1n) is 8.26. The van der Waals surface area contributed by atoms with Gasteiger partial charge in [-0.25, -0.2) is 0 Å². The number of halogens is 1. The molecule has 1 N–H and O–H groups in total. The molecule has 0 unspecified atom stereocenters. The Balaban J connectivity index is 1.78. The van der Waals surface area contributed by atoms with E-state index >= 15 is 0 Å². The highest BCUT2D eigenvalue weighted by atomic mass is 35.5. The summed E-state index contributed by atoms with van der Waals surface area (Å²) in [6.45, 7) is 3.88. The van der Waals surface area contributed by atoms with Crippen molar-refractivity contribution in [2.45, 2.75) is 38.4 Å². The van der Waals surface area contributed by atoms with Crippen LogP contribution in [0.1, 0.15) is 30.5 Å². The summed E-state index contributed by atoms with van der Waals surface area (Å²) in [7, 11) is 0. The van der Waals surface area contributed by atoms with Crippen molar-refractivity contribution < 1.29 is 0 Å². The number of pyridine rings is 2. The molecule has 0 amide bonds. The molecule has 0 spiro atoms. The van der Waals surface area contributed by atoms with Gasteiger partial charge >= 0.3 is 0 Å². The Hall–Kier alpha value is -1.49. The van der Waals surface area contributed by atoms with Gasteiger partial charge in [-0.1, -0.05) is 17.7 Å². The van der Waals surface area contributed by atoms with Crippen molar-refractivity contribution in [1.29, 1.82) is 0 Å². The number of aromatic nitrogens is 2. The summed E-state index contributed by atoms with van der Waals surface area (Å²) in [5.41, 5.74) is 2.24. The summed E-state index contributed by atoms with van der Waals surface area (Å²) < 4.78 is 0. The fourth-order valence-electron chi connectivity index (χ4n) is 3.13. The van der Waals surface area contributed by atoms with Crippen LogP contribution in [-0.4, -0.2) is 34.0 Å². The highest BCUT2D eigenvalue weighted by Crippen LogP contribution is 2.22. The first kappa shape index (κ1) is 16.4. The summed E-state index contributed by atoms with van der Waals surface area (Å²) in [6, 6.07) is 8.67. The molecule has 1 saturated heterocycles. The van der Waals surface area contributed by atoms with Crippen LogP contribution in [0.5, 0.6) is 0 Å². The molecule has 0 bridgehead atoms. The lowest BCUT2D eigenvalue weighted by Crippen LogP contribution is -2.35. The molecule has 2 aromatic heterocycles. The van der Waals surface area contributed by atoms with Crippen LogP contribution in [0.15, 0.2) is 42.9 Å². The van der Waals surface area contributed by atoms with Gasteiger partial charge in [-0.2, -0.15) is 0 Å². The second kappa shape index (κ2) is 8.39. The van der Waals surface area contributed by atoms with Crippen molar-refractivity contribution in [3.63, 3.8) is 0 Å². The average molecular weight is 331 g/mol. The molecule has 5 heteroatoms. The molecule has 0 aromatic carbocycles. The van der Waals surface area contributed by atoms with E-state index in [1.54, 1.807) is 6.20 Å². The van der Waals surface area contributed by atoms with Crippen molar-refractivity contribution in [3.8, 4) is 0 Å². The summed E-state index contributed by atoms with van der Waals surface area (Å²) in [6.07, 6.45) is 8.99. The number of hydrogen-bond donors (Lipinski definition) is 1. The van der Waals surface area contributed by atoms with Crippen LogP contribution in [-0.2, 0) is 13.1 Å². The van der Waals surface area contributed by atoms with E-state index in [2.05, 4.69) is 32.3 Å². The van der Waals surface area contributed by atoms with E-state index in [1.165, 1.54) is 12.8 Å². The highest BCUT2D eigenvalue weighted by Gasteiger charge is 2.21. The third-order valence-corrected chi connectivity index (χ3v) is 4.72. The lowest BCUT2D eigenvalue weighted by molar-refractivity contribution is 0.162. The zero-order valence-electron chi connectivity index (χ0n) is 13.3. The SMILES string of the molecule is Clc1cnccc1CN(Cc1ccccn1)[C@H]1CCCNCC1. The Labute approximate surface area is 142 Å². The van der Waals surface area contributed by atoms with Gasteiger partial charge in [0, 0.05) is 37.7 Å². The van der Waals surface area contributed by atoms with E-state index < -0.39 is 0 Å². The molecule has 0 saturated carbocycles. The molecule has 1 aliphatic heterocycles. The van der Waals surface area contributed by atoms with Gasteiger partial charge in [-0.3, -0.25) is 14.9 Å². The van der Waals surface area contributed by atoms with Crippen molar-refractivity contribution in [1.82, 2.24) is 20.2 Å². The first-order valence-corrected chi connectivity index (χ1v) is 8.64. The van der Waals surface area contributed by atoms with Gasteiger partial charge in [-0.15, -0.1) is 0 Å². The Morgan fingerprint density at radius 2 is 2.09 bits per heavy atom. The van der Waals surface area contributed by atoms with Crippen molar-refractivity contribution in [3.05, 3.63) is 59.1 Å². The van der Waals surface area contributed by atoms with Gasteiger partial charge in [-0.05, 0) is 56.1 Å². The second-order valence-corrected chi connectivity index (χ2v) is 6.44. The Kier molecular flexibility index (Phi) is 5.97. The van der Waals surface area contributed by atoms with Crippen LogP contribution in [0.2, 0.25) is 5.02 Å². The summed E-state index contributed by atoms with van der Waals surface area (Å²) in [5, 5.41) is 4.23. The number of nitrogens with zero attached hydrogens (tertiary/aromatic N) is 3. The molecule has 122 valence electrons. The fourth-order valence-corrected chi connectivity index (χ4v) is 3.31. The van der Waals surface area contributed by atoms with Crippen LogP contribution in [0.25, 0.3) is 0 Å². The minimum Gasteiger partial charge on any atom is -0.317 e. The van der Waals surface area contributed by atoms with Gasteiger partial charge < -0.3 is 5.32 Å². The lowest BCUT2D eigenvalue weighted by atomic mass is 10.1. The van der Waals surface area contributed by atoms with E-state index in [9.17, 15) is 0 Å². The molecule has 23 heavy (non-hydrogen) atoms. The zero-order chi connectivity index (χ0) is 15.9. The minimum absolute atomic E-state index is 0.552. The van der Waals surface area contributed by atoms with Crippen LogP contribution < -0.4 is 5.32 Å². The third-order valence-electron chi connectivity index (χ3n) is 4.38. The maximum Gasteiger partial charge on any atom is 0.0634 e. The Morgan fingerprint density at radius 3 is 2.91 bits per heavy atom. The molecule has 0 aliphatic carbocycles. The van der Waals surface area contributed by atoms with Gasteiger partial charge in [0.2, 0.25) is 0 Å². The number of rotatable bonds is 5. The van der Waals surface area contributed by atoms with Gasteiger partial charge in [0.25, 0.3) is 0 Å². The van der Waals surface area contributed by atoms with E-state index in [1.807, 2.05) is 24.5 Å². The van der Waals surface area contributed by atoms with E-state index in [0.717, 1.165) is 48.9 Å². The van der Waals surface area contributed by atoms with Crippen LogP contribution in [0.3, 0.4) is 0 Å². The normalized spacial score (nSPS) is 18.8. The minimum atomic E-state index is 0.552. The predicted octanol–water partition coefficient (Wildman–Crippen LogP) is 3.27.